The Morgan fingerprint density at radius 3 is 2.38 bits per heavy atom. The summed E-state index contributed by atoms with van der Waals surface area (Å²) in [6.45, 7) is 17.6. The number of hydrogen-bond donors (Lipinski definition) is 0. The molecule has 0 aromatic rings. The van der Waals surface area contributed by atoms with E-state index in [-0.39, 0.29) is 16.2 Å². The lowest BCUT2D eigenvalue weighted by Crippen LogP contribution is -2.57. The lowest BCUT2D eigenvalue weighted by molar-refractivity contribution is -0.223. The predicted octanol–water partition coefficient (Wildman–Crippen LogP) is 6.26. The van der Waals surface area contributed by atoms with Gasteiger partial charge in [0.15, 0.2) is 19.9 Å². The van der Waals surface area contributed by atoms with E-state index in [0.29, 0.717) is 37.1 Å². The molecule has 4 nitrogen and oxygen atoms in total. The van der Waals surface area contributed by atoms with Crippen LogP contribution in [0.5, 0.6) is 0 Å². The van der Waals surface area contributed by atoms with Gasteiger partial charge in [0.1, 0.15) is 0 Å². The minimum atomic E-state index is -1.76. The van der Waals surface area contributed by atoms with Crippen LogP contribution in [0.15, 0.2) is 11.6 Å². The highest BCUT2D eigenvalue weighted by Crippen LogP contribution is 2.66. The van der Waals surface area contributed by atoms with Crippen LogP contribution in [0.25, 0.3) is 0 Å². The second-order valence-corrected chi connectivity index (χ2v) is 18.1. The molecule has 0 radical (unpaired) electrons. The van der Waals surface area contributed by atoms with E-state index in [9.17, 15) is 4.79 Å². The van der Waals surface area contributed by atoms with Gasteiger partial charge in [0.25, 0.3) is 0 Å². The summed E-state index contributed by atoms with van der Waals surface area (Å²) in [6, 6.07) is 0. The Labute approximate surface area is 196 Å². The van der Waals surface area contributed by atoms with Crippen LogP contribution in [0.1, 0.15) is 79.6 Å². The Morgan fingerprint density at radius 1 is 1.03 bits per heavy atom. The maximum absolute atomic E-state index is 13.7. The monoisotopic (exact) mass is 460 g/mol. The minimum absolute atomic E-state index is 0.139. The number of carbonyl (C=O) groups excluding carboxylic acids is 1. The Morgan fingerprint density at radius 2 is 1.72 bits per heavy atom. The first-order valence-electron chi connectivity index (χ1n) is 13.1. The van der Waals surface area contributed by atoms with E-state index in [0.717, 1.165) is 32.1 Å². The summed E-state index contributed by atoms with van der Waals surface area (Å²) in [5, 5.41) is 0.247. The Bertz CT molecular complexity index is 820. The van der Waals surface area contributed by atoms with Crippen LogP contribution in [-0.2, 0) is 18.7 Å². The lowest BCUT2D eigenvalue weighted by atomic mass is 9.48. The molecule has 1 heterocycles. The first-order valence-corrected chi connectivity index (χ1v) is 16.0. The fourth-order valence-corrected chi connectivity index (χ4v) is 9.27. The molecule has 5 aliphatic rings. The highest BCUT2D eigenvalue weighted by atomic mass is 28.4. The van der Waals surface area contributed by atoms with Gasteiger partial charge in [-0.3, -0.25) is 4.79 Å². The summed E-state index contributed by atoms with van der Waals surface area (Å²) < 4.78 is 19.2. The van der Waals surface area contributed by atoms with Gasteiger partial charge in [-0.05, 0) is 92.8 Å². The Balaban J connectivity index is 1.40. The van der Waals surface area contributed by atoms with Gasteiger partial charge in [-0.1, -0.05) is 33.3 Å². The standard InChI is InChI=1S/C27H44O4Si/c1-24(2,3)32(6,7)31-19-10-12-25(4)18(16-19)8-9-20-21-11-13-27(29-14-15-30-27)26(21,5)23(28)17-22(20)25/h17-21H,8-16H2,1-7H3/t18-,19-,20?,21?,25+,26-/m1/s1. The zero-order valence-corrected chi connectivity index (χ0v) is 22.4. The zero-order valence-electron chi connectivity index (χ0n) is 21.4. The third-order valence-electron chi connectivity index (χ3n) is 10.9. The van der Waals surface area contributed by atoms with Gasteiger partial charge in [-0.15, -0.1) is 0 Å². The predicted molar refractivity (Wildman–Crippen MR) is 129 cm³/mol. The van der Waals surface area contributed by atoms with Gasteiger partial charge >= 0.3 is 0 Å². The molecule has 6 atom stereocenters. The van der Waals surface area contributed by atoms with Crippen molar-refractivity contribution in [3.63, 3.8) is 0 Å². The summed E-state index contributed by atoms with van der Waals surface area (Å²) in [4.78, 5) is 13.7. The fraction of sp³-hybridized carbons (Fsp3) is 0.889. The molecule has 0 N–H and O–H groups in total. The number of ether oxygens (including phenoxy) is 2. The summed E-state index contributed by atoms with van der Waals surface area (Å²) >= 11 is 0. The highest BCUT2D eigenvalue weighted by molar-refractivity contribution is 6.74. The van der Waals surface area contributed by atoms with Gasteiger partial charge < -0.3 is 13.9 Å². The van der Waals surface area contributed by atoms with E-state index in [1.54, 1.807) is 0 Å². The third-order valence-corrected chi connectivity index (χ3v) is 15.5. The smallest absolute Gasteiger partial charge is 0.192 e. The van der Waals surface area contributed by atoms with E-state index in [2.05, 4.69) is 53.8 Å². The normalized spacial score (nSPS) is 43.6. The summed E-state index contributed by atoms with van der Waals surface area (Å²) in [7, 11) is -1.76. The Kier molecular flexibility index (Phi) is 5.27. The zero-order chi connectivity index (χ0) is 23.2. The van der Waals surface area contributed by atoms with Gasteiger partial charge in [0.2, 0.25) is 0 Å². The molecule has 180 valence electrons. The average molecular weight is 461 g/mol. The molecule has 1 aliphatic heterocycles. The maximum Gasteiger partial charge on any atom is 0.192 e. The van der Waals surface area contributed by atoms with Crippen molar-refractivity contribution in [1.29, 1.82) is 0 Å². The van der Waals surface area contributed by atoms with Crippen molar-refractivity contribution in [3.05, 3.63) is 11.6 Å². The third kappa shape index (κ3) is 3.06. The molecule has 0 amide bonds. The van der Waals surface area contributed by atoms with Crippen molar-refractivity contribution in [1.82, 2.24) is 0 Å². The van der Waals surface area contributed by atoms with E-state index < -0.39 is 19.5 Å². The first kappa shape index (κ1) is 23.3. The summed E-state index contributed by atoms with van der Waals surface area (Å²) in [6.07, 6.45) is 10.2. The second kappa shape index (κ2) is 7.25. The number of hydrogen-bond acceptors (Lipinski definition) is 4. The average Bonchev–Trinajstić information content (AvgIpc) is 3.29. The molecular weight excluding hydrogens is 416 g/mol. The van der Waals surface area contributed by atoms with Gasteiger partial charge in [0.05, 0.1) is 18.6 Å². The topological polar surface area (TPSA) is 44.8 Å². The molecule has 4 aliphatic carbocycles. The minimum Gasteiger partial charge on any atom is -0.414 e. The van der Waals surface area contributed by atoms with Crippen LogP contribution in [0.4, 0.5) is 0 Å². The molecule has 3 saturated carbocycles. The molecule has 0 bridgehead atoms. The van der Waals surface area contributed by atoms with Gasteiger partial charge in [0, 0.05) is 12.5 Å². The fourth-order valence-electron chi connectivity index (χ4n) is 7.87. The van der Waals surface area contributed by atoms with Gasteiger partial charge in [-0.25, -0.2) is 0 Å². The molecule has 1 saturated heterocycles. The van der Waals surface area contributed by atoms with Crippen LogP contribution in [0, 0.1) is 28.6 Å². The number of rotatable bonds is 2. The van der Waals surface area contributed by atoms with Crippen molar-refractivity contribution in [2.75, 3.05) is 13.2 Å². The Hall–Kier alpha value is -0.493. The van der Waals surface area contributed by atoms with Crippen molar-refractivity contribution >= 4 is 14.1 Å². The van der Waals surface area contributed by atoms with E-state index in [4.69, 9.17) is 13.9 Å². The first-order chi connectivity index (χ1) is 14.8. The molecule has 2 unspecified atom stereocenters. The lowest BCUT2D eigenvalue weighted by Gasteiger charge is -2.57. The van der Waals surface area contributed by atoms with Crippen LogP contribution < -0.4 is 0 Å². The van der Waals surface area contributed by atoms with Crippen molar-refractivity contribution in [2.24, 2.45) is 28.6 Å². The molecule has 4 fully saturated rings. The summed E-state index contributed by atoms with van der Waals surface area (Å²) in [5.74, 6) is 1.06. The number of allylic oxidation sites excluding steroid dienone is 2. The number of fused-ring (bicyclic) bond motifs is 6. The van der Waals surface area contributed by atoms with E-state index in [1.807, 2.05) is 0 Å². The number of carbonyl (C=O) groups is 1. The van der Waals surface area contributed by atoms with Crippen LogP contribution in [0.2, 0.25) is 18.1 Å². The molecule has 1 spiro atoms. The van der Waals surface area contributed by atoms with E-state index >= 15 is 0 Å². The molecule has 32 heavy (non-hydrogen) atoms. The summed E-state index contributed by atoms with van der Waals surface area (Å²) in [5.41, 5.74) is 1.08. The molecule has 5 heteroatoms. The highest BCUT2D eigenvalue weighted by Gasteiger charge is 2.69. The molecule has 0 aromatic heterocycles. The number of ketones is 1. The van der Waals surface area contributed by atoms with Crippen LogP contribution >= 0.6 is 0 Å². The van der Waals surface area contributed by atoms with Crippen molar-refractivity contribution in [2.45, 2.75) is 110 Å². The van der Waals surface area contributed by atoms with Crippen LogP contribution in [-0.4, -0.2) is 39.2 Å². The quantitative estimate of drug-likeness (QED) is 0.456. The van der Waals surface area contributed by atoms with Gasteiger partial charge in [-0.2, -0.15) is 0 Å². The van der Waals surface area contributed by atoms with Crippen LogP contribution in [0.3, 0.4) is 0 Å². The van der Waals surface area contributed by atoms with E-state index in [1.165, 1.54) is 18.4 Å². The largest absolute Gasteiger partial charge is 0.414 e. The van der Waals surface area contributed by atoms with Crippen molar-refractivity contribution in [3.8, 4) is 0 Å². The molecule has 0 aromatic carbocycles. The van der Waals surface area contributed by atoms with Crippen molar-refractivity contribution < 1.29 is 18.7 Å². The SMILES string of the molecule is CC(C)(C)[Si](C)(C)O[C@@H]1CC[C@]2(C)C3=CC(=O)[C@@]4(C)C(CCC45OCCO5)C3CC[C@@H]2C1. The second-order valence-electron chi connectivity index (χ2n) is 13.3. The molecular formula is C27H44O4Si. The molecule has 5 rings (SSSR count). The maximum atomic E-state index is 13.7.